The molecule has 1 saturated carbocycles. The van der Waals surface area contributed by atoms with Crippen LogP contribution in [0.15, 0.2) is 5.16 Å². The molecular formula is C16H26N4OS. The molecule has 1 amide bonds. The molecule has 2 aliphatic rings. The van der Waals surface area contributed by atoms with E-state index in [1.54, 1.807) is 11.8 Å². The van der Waals surface area contributed by atoms with E-state index in [2.05, 4.69) is 21.7 Å². The minimum atomic E-state index is 0.285. The highest BCUT2D eigenvalue weighted by Crippen LogP contribution is 2.35. The zero-order valence-corrected chi connectivity index (χ0v) is 14.4. The van der Waals surface area contributed by atoms with Gasteiger partial charge in [-0.2, -0.15) is 0 Å². The maximum absolute atomic E-state index is 11.9. The highest BCUT2D eigenvalue weighted by Gasteiger charge is 2.25. The number of carbonyl (C=O) groups is 1. The van der Waals surface area contributed by atoms with Gasteiger partial charge in [0.05, 0.1) is 5.88 Å². The smallest absolute Gasteiger partial charge is 0.223 e. The molecular weight excluding hydrogens is 296 g/mol. The first-order chi connectivity index (χ1) is 10.6. The van der Waals surface area contributed by atoms with Crippen molar-refractivity contribution < 1.29 is 4.79 Å². The summed E-state index contributed by atoms with van der Waals surface area (Å²) in [5.74, 6) is 2.78. The van der Waals surface area contributed by atoms with Crippen molar-refractivity contribution in [2.24, 2.45) is 5.92 Å². The largest absolute Gasteiger partial charge is 0.333 e. The molecule has 1 aromatic rings. The topological polar surface area (TPSA) is 51.0 Å². The van der Waals surface area contributed by atoms with Crippen LogP contribution in [0.3, 0.4) is 0 Å². The number of likely N-dealkylation sites (tertiary alicyclic amines) is 1. The summed E-state index contributed by atoms with van der Waals surface area (Å²) < 4.78 is 2.31. The molecule has 1 aromatic heterocycles. The van der Waals surface area contributed by atoms with Gasteiger partial charge in [-0.1, -0.05) is 31.5 Å². The van der Waals surface area contributed by atoms with Gasteiger partial charge in [-0.3, -0.25) is 4.79 Å². The Bertz CT molecular complexity index is 530. The van der Waals surface area contributed by atoms with Crippen LogP contribution >= 0.6 is 11.8 Å². The third-order valence-corrected chi connectivity index (χ3v) is 5.86. The summed E-state index contributed by atoms with van der Waals surface area (Å²) in [5.41, 5.74) is 0. The number of amides is 1. The summed E-state index contributed by atoms with van der Waals surface area (Å²) in [6.45, 7) is 5.27. The van der Waals surface area contributed by atoms with Crippen molar-refractivity contribution in [2.75, 3.05) is 12.4 Å². The molecule has 2 heterocycles. The van der Waals surface area contributed by atoms with E-state index < -0.39 is 0 Å². The minimum Gasteiger partial charge on any atom is -0.333 e. The van der Waals surface area contributed by atoms with E-state index >= 15 is 0 Å². The SMILES string of the molecule is Cc1nnc(SCN2CCCCC2=O)n1[C@H]1CCC[C@@H](C)C1. The Hall–Kier alpha value is -1.04. The van der Waals surface area contributed by atoms with E-state index in [4.69, 9.17) is 0 Å². The van der Waals surface area contributed by atoms with Crippen LogP contribution in [0.25, 0.3) is 0 Å². The van der Waals surface area contributed by atoms with Gasteiger partial charge in [0.25, 0.3) is 0 Å². The number of hydrogen-bond donors (Lipinski definition) is 0. The van der Waals surface area contributed by atoms with Crippen molar-refractivity contribution in [3.05, 3.63) is 5.82 Å². The Morgan fingerprint density at radius 1 is 1.23 bits per heavy atom. The van der Waals surface area contributed by atoms with Gasteiger partial charge < -0.3 is 9.47 Å². The lowest BCUT2D eigenvalue weighted by molar-refractivity contribution is -0.132. The molecule has 1 aliphatic heterocycles. The third-order valence-electron chi connectivity index (χ3n) is 4.88. The summed E-state index contributed by atoms with van der Waals surface area (Å²) in [7, 11) is 0. The van der Waals surface area contributed by atoms with Crippen molar-refractivity contribution in [1.82, 2.24) is 19.7 Å². The lowest BCUT2D eigenvalue weighted by Crippen LogP contribution is -2.35. The zero-order valence-electron chi connectivity index (χ0n) is 13.6. The molecule has 0 N–H and O–H groups in total. The molecule has 2 fully saturated rings. The number of thioether (sulfide) groups is 1. The highest BCUT2D eigenvalue weighted by molar-refractivity contribution is 7.99. The third kappa shape index (κ3) is 3.47. The molecule has 3 rings (SSSR count). The van der Waals surface area contributed by atoms with Crippen LogP contribution < -0.4 is 0 Å². The number of carbonyl (C=O) groups excluding carboxylic acids is 1. The Kier molecular flexibility index (Phi) is 5.06. The maximum Gasteiger partial charge on any atom is 0.223 e. The first-order valence-electron chi connectivity index (χ1n) is 8.47. The molecule has 0 radical (unpaired) electrons. The highest BCUT2D eigenvalue weighted by atomic mass is 32.2. The van der Waals surface area contributed by atoms with E-state index in [1.165, 1.54) is 25.7 Å². The lowest BCUT2D eigenvalue weighted by atomic mass is 9.87. The Morgan fingerprint density at radius 3 is 2.86 bits per heavy atom. The zero-order chi connectivity index (χ0) is 15.5. The second-order valence-corrected chi connectivity index (χ2v) is 7.63. The van der Waals surface area contributed by atoms with Gasteiger partial charge >= 0.3 is 0 Å². The standard InChI is InChI=1S/C16H26N4OS/c1-12-6-5-7-14(10-12)20-13(2)17-18-16(20)22-11-19-9-4-3-8-15(19)21/h12,14H,3-11H2,1-2H3/t12-,14+/m1/s1. The van der Waals surface area contributed by atoms with Crippen molar-refractivity contribution in [3.63, 3.8) is 0 Å². The van der Waals surface area contributed by atoms with Crippen molar-refractivity contribution in [1.29, 1.82) is 0 Å². The normalized spacial score (nSPS) is 26.5. The minimum absolute atomic E-state index is 0.285. The summed E-state index contributed by atoms with van der Waals surface area (Å²) >= 11 is 1.67. The van der Waals surface area contributed by atoms with E-state index in [9.17, 15) is 4.79 Å². The maximum atomic E-state index is 11.9. The molecule has 0 bridgehead atoms. The van der Waals surface area contributed by atoms with Crippen LogP contribution in [0.2, 0.25) is 0 Å². The summed E-state index contributed by atoms with van der Waals surface area (Å²) in [5, 5.41) is 9.63. The van der Waals surface area contributed by atoms with Crippen LogP contribution in [-0.2, 0) is 4.79 Å². The molecule has 1 aliphatic carbocycles. The van der Waals surface area contributed by atoms with Gasteiger partial charge in [0.15, 0.2) is 5.16 Å². The quantitative estimate of drug-likeness (QED) is 0.797. The average Bonchev–Trinajstić information content (AvgIpc) is 2.87. The van der Waals surface area contributed by atoms with E-state index in [-0.39, 0.29) is 5.91 Å². The van der Waals surface area contributed by atoms with Gasteiger partial charge in [-0.25, -0.2) is 0 Å². The number of aromatic nitrogens is 3. The molecule has 0 aromatic carbocycles. The van der Waals surface area contributed by atoms with Crippen LogP contribution in [0.5, 0.6) is 0 Å². The van der Waals surface area contributed by atoms with E-state index in [0.29, 0.717) is 18.3 Å². The fourth-order valence-electron chi connectivity index (χ4n) is 3.64. The molecule has 22 heavy (non-hydrogen) atoms. The van der Waals surface area contributed by atoms with Gasteiger partial charge in [-0.15, -0.1) is 10.2 Å². The molecule has 122 valence electrons. The average molecular weight is 322 g/mol. The summed E-state index contributed by atoms with van der Waals surface area (Å²) in [6.07, 6.45) is 7.93. The molecule has 0 unspecified atom stereocenters. The number of piperidine rings is 1. The van der Waals surface area contributed by atoms with Gasteiger partial charge in [-0.05, 0) is 38.5 Å². The number of nitrogens with zero attached hydrogens (tertiary/aromatic N) is 4. The molecule has 6 heteroatoms. The first-order valence-corrected chi connectivity index (χ1v) is 9.46. The van der Waals surface area contributed by atoms with Crippen molar-refractivity contribution in [2.45, 2.75) is 70.0 Å². The predicted molar refractivity (Wildman–Crippen MR) is 87.7 cm³/mol. The van der Waals surface area contributed by atoms with Crippen LogP contribution in [-0.4, -0.2) is 38.0 Å². The van der Waals surface area contributed by atoms with Gasteiger partial charge in [0.1, 0.15) is 5.82 Å². The summed E-state index contributed by atoms with van der Waals surface area (Å²) in [6, 6.07) is 0.526. The lowest BCUT2D eigenvalue weighted by Gasteiger charge is -2.30. The second-order valence-electron chi connectivity index (χ2n) is 6.71. The monoisotopic (exact) mass is 322 g/mol. The van der Waals surface area contributed by atoms with Crippen LogP contribution in [0.4, 0.5) is 0 Å². The molecule has 5 nitrogen and oxygen atoms in total. The summed E-state index contributed by atoms with van der Waals surface area (Å²) in [4.78, 5) is 13.9. The fraction of sp³-hybridized carbons (Fsp3) is 0.812. The molecule has 1 saturated heterocycles. The van der Waals surface area contributed by atoms with Crippen molar-refractivity contribution >= 4 is 17.7 Å². The fourth-order valence-corrected chi connectivity index (χ4v) is 4.70. The predicted octanol–water partition coefficient (Wildman–Crippen LogP) is 3.40. The Morgan fingerprint density at radius 2 is 2.09 bits per heavy atom. The van der Waals surface area contributed by atoms with Crippen LogP contribution in [0.1, 0.15) is 63.7 Å². The van der Waals surface area contributed by atoms with E-state index in [1.807, 2.05) is 11.8 Å². The molecule has 2 atom stereocenters. The number of aryl methyl sites for hydroxylation is 1. The van der Waals surface area contributed by atoms with Gasteiger partial charge in [0.2, 0.25) is 5.91 Å². The van der Waals surface area contributed by atoms with Crippen molar-refractivity contribution in [3.8, 4) is 0 Å². The second kappa shape index (κ2) is 7.02. The van der Waals surface area contributed by atoms with Gasteiger partial charge in [0, 0.05) is 19.0 Å². The number of hydrogen-bond acceptors (Lipinski definition) is 4. The van der Waals surface area contributed by atoms with Crippen LogP contribution in [0, 0.1) is 12.8 Å². The molecule has 0 spiro atoms. The van der Waals surface area contributed by atoms with E-state index in [0.717, 1.165) is 36.3 Å². The Balaban J connectivity index is 1.67. The first kappa shape index (κ1) is 15.8. The number of rotatable bonds is 4. The Labute approximate surface area is 136 Å².